The number of para-hydroxylation sites is 1. The average Bonchev–Trinajstić information content (AvgIpc) is 2.87. The number of nitrogens with one attached hydrogen (secondary N) is 4. The van der Waals surface area contributed by atoms with Gasteiger partial charge in [-0.1, -0.05) is 26.0 Å². The monoisotopic (exact) mass is 510 g/mol. The summed E-state index contributed by atoms with van der Waals surface area (Å²) in [6.07, 6.45) is 5.75. The molecule has 37 heavy (non-hydrogen) atoms. The van der Waals surface area contributed by atoms with Crippen LogP contribution in [-0.4, -0.2) is 65.4 Å². The summed E-state index contributed by atoms with van der Waals surface area (Å²) in [5, 5.41) is 11.0. The molecule has 198 valence electrons. The molecule has 2 heterocycles. The quantitative estimate of drug-likeness (QED) is 0.448. The van der Waals surface area contributed by atoms with Crippen molar-refractivity contribution in [2.45, 2.75) is 51.6 Å². The van der Waals surface area contributed by atoms with Gasteiger partial charge in [0.05, 0.1) is 24.3 Å². The first-order valence-electron chi connectivity index (χ1n) is 12.5. The zero-order chi connectivity index (χ0) is 26.6. The maximum Gasteiger partial charge on any atom is 0.255 e. The number of aromatic nitrogens is 2. The molecule has 3 rings (SSSR count). The number of carbonyl (C=O) groups excluding carboxylic acids is 4. The molecule has 11 heteroatoms. The van der Waals surface area contributed by atoms with E-state index in [1.165, 1.54) is 0 Å². The highest BCUT2D eigenvalue weighted by Crippen LogP contribution is 2.18. The standard InChI is InChI=1S/C26H34N6O5/c1-17(2)14-20-25(35)29-9-5-13-37-22-7-4-3-6-19(22)24(34)32-21(15-23(33)31-20)26(36)30-10-8-18-16-27-11-12-28-18/h3-4,6-7,11-12,16-17,20-21H,5,8-10,13-15H2,1-2H3,(H,29,35)(H,30,36)(H,31,33)(H,32,34)/t20-,21+/m1/s1. The van der Waals surface area contributed by atoms with Gasteiger partial charge in [-0.05, 0) is 30.9 Å². The lowest BCUT2D eigenvalue weighted by molar-refractivity contribution is -0.131. The van der Waals surface area contributed by atoms with Crippen LogP contribution in [0.5, 0.6) is 5.75 Å². The molecule has 0 radical (unpaired) electrons. The van der Waals surface area contributed by atoms with Crippen LogP contribution in [0.15, 0.2) is 42.9 Å². The van der Waals surface area contributed by atoms with Gasteiger partial charge in [0, 0.05) is 38.1 Å². The minimum absolute atomic E-state index is 0.149. The molecule has 2 atom stereocenters. The van der Waals surface area contributed by atoms with Crippen LogP contribution in [0, 0.1) is 5.92 Å². The Morgan fingerprint density at radius 1 is 1.16 bits per heavy atom. The van der Waals surface area contributed by atoms with Gasteiger partial charge in [0.1, 0.15) is 17.8 Å². The van der Waals surface area contributed by atoms with Gasteiger partial charge >= 0.3 is 0 Å². The van der Waals surface area contributed by atoms with E-state index in [1.807, 2.05) is 13.8 Å². The fraction of sp³-hybridized carbons (Fsp3) is 0.462. The van der Waals surface area contributed by atoms with E-state index in [2.05, 4.69) is 31.2 Å². The third-order valence-corrected chi connectivity index (χ3v) is 5.68. The SMILES string of the molecule is CC(C)C[C@H]1NC(=O)C[C@@H](C(=O)NCCc2cnccn2)NC(=O)c2ccccc2OCCCNC1=O. The fourth-order valence-corrected chi connectivity index (χ4v) is 3.85. The molecule has 1 aliphatic rings. The summed E-state index contributed by atoms with van der Waals surface area (Å²) in [6.45, 7) is 4.78. The van der Waals surface area contributed by atoms with Crippen LogP contribution in [0.2, 0.25) is 0 Å². The first-order chi connectivity index (χ1) is 17.8. The number of benzene rings is 1. The summed E-state index contributed by atoms with van der Waals surface area (Å²) >= 11 is 0. The van der Waals surface area contributed by atoms with Crippen molar-refractivity contribution in [1.82, 2.24) is 31.2 Å². The van der Waals surface area contributed by atoms with Crippen molar-refractivity contribution in [2.75, 3.05) is 19.7 Å². The van der Waals surface area contributed by atoms with Crippen LogP contribution in [0.4, 0.5) is 0 Å². The molecule has 4 amide bonds. The molecule has 0 unspecified atom stereocenters. The molecular weight excluding hydrogens is 476 g/mol. The number of amides is 4. The molecule has 0 saturated carbocycles. The highest BCUT2D eigenvalue weighted by atomic mass is 16.5. The predicted molar refractivity (Wildman–Crippen MR) is 136 cm³/mol. The number of rotatable bonds is 6. The third-order valence-electron chi connectivity index (χ3n) is 5.68. The first kappa shape index (κ1) is 27.6. The Morgan fingerprint density at radius 2 is 1.97 bits per heavy atom. The summed E-state index contributed by atoms with van der Waals surface area (Å²) in [6, 6.07) is 4.75. The lowest BCUT2D eigenvalue weighted by Gasteiger charge is -2.22. The Bertz CT molecular complexity index is 1080. The second-order valence-corrected chi connectivity index (χ2v) is 9.21. The number of hydrogen-bond acceptors (Lipinski definition) is 7. The smallest absolute Gasteiger partial charge is 0.255 e. The number of hydrogen-bond donors (Lipinski definition) is 4. The van der Waals surface area contributed by atoms with Crippen molar-refractivity contribution < 1.29 is 23.9 Å². The van der Waals surface area contributed by atoms with Gasteiger partial charge in [-0.15, -0.1) is 0 Å². The van der Waals surface area contributed by atoms with Crippen molar-refractivity contribution in [3.05, 3.63) is 54.1 Å². The summed E-state index contributed by atoms with van der Waals surface area (Å²) in [5.41, 5.74) is 0.942. The molecule has 1 aliphatic heterocycles. The van der Waals surface area contributed by atoms with E-state index < -0.39 is 29.8 Å². The van der Waals surface area contributed by atoms with Crippen LogP contribution in [0.1, 0.15) is 49.2 Å². The van der Waals surface area contributed by atoms with E-state index in [0.29, 0.717) is 37.3 Å². The van der Waals surface area contributed by atoms with Crippen LogP contribution in [0.25, 0.3) is 0 Å². The van der Waals surface area contributed by atoms with Crippen molar-refractivity contribution >= 4 is 23.6 Å². The molecule has 2 aromatic rings. The van der Waals surface area contributed by atoms with Gasteiger partial charge in [0.25, 0.3) is 5.91 Å². The van der Waals surface area contributed by atoms with E-state index in [9.17, 15) is 19.2 Å². The maximum atomic E-state index is 13.1. The Hall–Kier alpha value is -4.02. The number of carbonyl (C=O) groups is 4. The minimum Gasteiger partial charge on any atom is -0.493 e. The molecule has 1 aromatic carbocycles. The summed E-state index contributed by atoms with van der Waals surface area (Å²) in [4.78, 5) is 60.1. The largest absolute Gasteiger partial charge is 0.493 e. The first-order valence-corrected chi connectivity index (χ1v) is 12.5. The molecule has 0 bridgehead atoms. The van der Waals surface area contributed by atoms with Crippen molar-refractivity contribution in [1.29, 1.82) is 0 Å². The Labute approximate surface area is 216 Å². The lowest BCUT2D eigenvalue weighted by atomic mass is 10.0. The number of fused-ring (bicyclic) bond motifs is 1. The molecule has 0 aliphatic carbocycles. The number of ether oxygens (including phenoxy) is 1. The maximum absolute atomic E-state index is 13.1. The van der Waals surface area contributed by atoms with E-state index >= 15 is 0 Å². The second-order valence-electron chi connectivity index (χ2n) is 9.21. The fourth-order valence-electron chi connectivity index (χ4n) is 3.85. The van der Waals surface area contributed by atoms with Crippen LogP contribution >= 0.6 is 0 Å². The molecule has 11 nitrogen and oxygen atoms in total. The van der Waals surface area contributed by atoms with Gasteiger partial charge in [0.15, 0.2) is 0 Å². The Morgan fingerprint density at radius 3 is 2.73 bits per heavy atom. The molecule has 1 aromatic heterocycles. The number of nitrogens with zero attached hydrogens (tertiary/aromatic N) is 2. The third kappa shape index (κ3) is 8.85. The topological polar surface area (TPSA) is 151 Å². The average molecular weight is 511 g/mol. The molecule has 0 saturated heterocycles. The van der Waals surface area contributed by atoms with Crippen molar-refractivity contribution in [2.24, 2.45) is 5.92 Å². The normalized spacial score (nSPS) is 19.3. The molecule has 0 spiro atoms. The van der Waals surface area contributed by atoms with Gasteiger partial charge in [-0.2, -0.15) is 0 Å². The zero-order valence-electron chi connectivity index (χ0n) is 21.2. The van der Waals surface area contributed by atoms with Crippen molar-refractivity contribution in [3.63, 3.8) is 0 Å². The van der Waals surface area contributed by atoms with E-state index in [0.717, 1.165) is 0 Å². The van der Waals surface area contributed by atoms with Gasteiger partial charge in [-0.3, -0.25) is 29.1 Å². The van der Waals surface area contributed by atoms with Crippen LogP contribution in [-0.2, 0) is 20.8 Å². The highest BCUT2D eigenvalue weighted by Gasteiger charge is 2.28. The predicted octanol–water partition coefficient (Wildman–Crippen LogP) is 0.754. The molecular formula is C26H34N6O5. The van der Waals surface area contributed by atoms with Gasteiger partial charge in [0.2, 0.25) is 17.7 Å². The zero-order valence-corrected chi connectivity index (χ0v) is 21.2. The summed E-state index contributed by atoms with van der Waals surface area (Å²) < 4.78 is 5.78. The summed E-state index contributed by atoms with van der Waals surface area (Å²) in [7, 11) is 0. The van der Waals surface area contributed by atoms with E-state index in [-0.39, 0.29) is 37.0 Å². The highest BCUT2D eigenvalue weighted by molar-refractivity contribution is 6.01. The lowest BCUT2D eigenvalue weighted by Crippen LogP contribution is -2.52. The van der Waals surface area contributed by atoms with Crippen LogP contribution < -0.4 is 26.0 Å². The van der Waals surface area contributed by atoms with Gasteiger partial charge in [-0.25, -0.2) is 0 Å². The molecule has 0 fully saturated rings. The minimum atomic E-state index is -1.17. The second kappa shape index (κ2) is 13.9. The van der Waals surface area contributed by atoms with E-state index in [4.69, 9.17) is 4.74 Å². The van der Waals surface area contributed by atoms with Gasteiger partial charge < -0.3 is 26.0 Å². The summed E-state index contributed by atoms with van der Waals surface area (Å²) in [5.74, 6) is -1.39. The Balaban J connectivity index is 1.79. The van der Waals surface area contributed by atoms with Crippen molar-refractivity contribution in [3.8, 4) is 5.75 Å². The van der Waals surface area contributed by atoms with Crippen LogP contribution in [0.3, 0.4) is 0 Å². The Kier molecular flexibility index (Phi) is 10.4. The molecule has 4 N–H and O–H groups in total. The van der Waals surface area contributed by atoms with E-state index in [1.54, 1.807) is 42.9 Å².